The molecular weight excluding hydrogens is 466 g/mol. The number of nitrogens with one attached hydrogen (secondary N) is 2. The largest absolute Gasteiger partial charge is 0.418 e. The summed E-state index contributed by atoms with van der Waals surface area (Å²) in [5.41, 5.74) is -3.49. The van der Waals surface area contributed by atoms with Gasteiger partial charge in [0.25, 0.3) is 11.8 Å². The highest BCUT2D eigenvalue weighted by Crippen LogP contribution is 2.33. The molecule has 2 aliphatic heterocycles. The first kappa shape index (κ1) is 24.5. The Hall–Kier alpha value is -3.11. The number of benzene rings is 1. The Kier molecular flexibility index (Phi) is 6.99. The highest BCUT2D eigenvalue weighted by Gasteiger charge is 2.52. The van der Waals surface area contributed by atoms with Crippen LogP contribution >= 0.6 is 11.6 Å². The minimum absolute atomic E-state index is 0.0458. The van der Waals surface area contributed by atoms with Gasteiger partial charge < -0.3 is 20.6 Å². The van der Waals surface area contributed by atoms with Crippen LogP contribution in [-0.4, -0.2) is 46.7 Å². The number of alkyl halides is 3. The first-order valence-electron chi connectivity index (χ1n) is 9.77. The summed E-state index contributed by atoms with van der Waals surface area (Å²) >= 11 is 5.77. The number of carbonyl (C=O) groups is 2. The van der Waals surface area contributed by atoms with Crippen LogP contribution in [-0.2, 0) is 16.1 Å². The van der Waals surface area contributed by atoms with Crippen molar-refractivity contribution in [2.45, 2.75) is 24.7 Å². The number of hydrogen-bond donors (Lipinski definition) is 3. The summed E-state index contributed by atoms with van der Waals surface area (Å²) in [6.07, 6.45) is -0.209. The first-order valence-corrected chi connectivity index (χ1v) is 10.2. The Morgan fingerprint density at radius 2 is 2.06 bits per heavy atom. The minimum Gasteiger partial charge on any atom is -0.387 e. The normalized spacial score (nSPS) is 25.7. The molecule has 1 saturated heterocycles. The molecule has 1 aromatic rings. The van der Waals surface area contributed by atoms with E-state index in [0.29, 0.717) is 5.56 Å². The zero-order chi connectivity index (χ0) is 24.4. The van der Waals surface area contributed by atoms with E-state index in [-0.39, 0.29) is 36.8 Å². The Morgan fingerprint density at radius 3 is 2.73 bits per heavy atom. The smallest absolute Gasteiger partial charge is 0.387 e. The molecule has 33 heavy (non-hydrogen) atoms. The third-order valence-electron chi connectivity index (χ3n) is 5.10. The molecule has 1 fully saturated rings. The van der Waals surface area contributed by atoms with E-state index in [1.165, 1.54) is 18.2 Å². The van der Waals surface area contributed by atoms with E-state index < -0.39 is 40.6 Å². The molecule has 0 saturated carbocycles. The van der Waals surface area contributed by atoms with Crippen LogP contribution in [0.15, 0.2) is 66.0 Å². The summed E-state index contributed by atoms with van der Waals surface area (Å²) in [5, 5.41) is 15.7. The van der Waals surface area contributed by atoms with Gasteiger partial charge in [-0.3, -0.25) is 9.59 Å². The Morgan fingerprint density at radius 1 is 1.33 bits per heavy atom. The molecule has 0 spiro atoms. The lowest BCUT2D eigenvalue weighted by Crippen LogP contribution is -2.52. The third kappa shape index (κ3) is 5.45. The van der Waals surface area contributed by atoms with Gasteiger partial charge in [-0.2, -0.15) is 13.2 Å². The molecule has 11 heteroatoms. The average Bonchev–Trinajstić information content (AvgIpc) is 3.05. The fourth-order valence-electron chi connectivity index (χ4n) is 3.44. The lowest BCUT2D eigenvalue weighted by molar-refractivity contribution is -0.153. The molecule has 3 rings (SSSR count). The predicted octanol–water partition coefficient (Wildman–Crippen LogP) is 3.10. The van der Waals surface area contributed by atoms with E-state index in [2.05, 4.69) is 17.2 Å². The average molecular weight is 486 g/mol. The van der Waals surface area contributed by atoms with Gasteiger partial charge in [-0.1, -0.05) is 24.3 Å². The van der Waals surface area contributed by atoms with Gasteiger partial charge in [0.15, 0.2) is 0 Å². The summed E-state index contributed by atoms with van der Waals surface area (Å²) in [7, 11) is 0. The number of amides is 2. The van der Waals surface area contributed by atoms with Crippen molar-refractivity contribution >= 4 is 23.4 Å². The van der Waals surface area contributed by atoms with Crippen LogP contribution in [0.3, 0.4) is 0 Å². The highest BCUT2D eigenvalue weighted by molar-refractivity contribution is 6.30. The lowest BCUT2D eigenvalue weighted by Gasteiger charge is -2.23. The van der Waals surface area contributed by atoms with Crippen molar-refractivity contribution in [2.24, 2.45) is 0 Å². The molecule has 1 aromatic carbocycles. The summed E-state index contributed by atoms with van der Waals surface area (Å²) in [5.74, 6) is -2.63. The van der Waals surface area contributed by atoms with Gasteiger partial charge in [-0.05, 0) is 41.5 Å². The number of aliphatic hydroxyl groups is 1. The monoisotopic (exact) mass is 485 g/mol. The van der Waals surface area contributed by atoms with Crippen LogP contribution in [0.2, 0.25) is 5.02 Å². The van der Waals surface area contributed by atoms with Crippen molar-refractivity contribution in [1.29, 1.82) is 0 Å². The number of carbonyl (C=O) groups excluding carboxylic acids is 2. The van der Waals surface area contributed by atoms with Crippen LogP contribution in [0.25, 0.3) is 0 Å². The van der Waals surface area contributed by atoms with Crippen molar-refractivity contribution in [1.82, 2.24) is 15.5 Å². The number of hydrogen-bond acceptors (Lipinski definition) is 4. The lowest BCUT2D eigenvalue weighted by atomic mass is 10.0. The number of nitrogens with zero attached hydrogens (tertiary/aromatic N) is 1. The Labute approximate surface area is 191 Å². The molecule has 2 aliphatic rings. The fraction of sp³-hybridized carbons (Fsp3) is 0.273. The molecule has 2 heterocycles. The molecule has 1 atom stereocenters. The van der Waals surface area contributed by atoms with E-state index in [0.717, 1.165) is 29.3 Å². The maximum atomic E-state index is 13.5. The summed E-state index contributed by atoms with van der Waals surface area (Å²) in [4.78, 5) is 26.6. The predicted molar refractivity (Wildman–Crippen MR) is 113 cm³/mol. The van der Waals surface area contributed by atoms with E-state index in [4.69, 9.17) is 11.6 Å². The number of allylic oxidation sites excluding steroid dienone is 4. The van der Waals surface area contributed by atoms with Crippen molar-refractivity contribution in [3.63, 3.8) is 0 Å². The highest BCUT2D eigenvalue weighted by atomic mass is 35.5. The minimum atomic E-state index is -4.68. The summed E-state index contributed by atoms with van der Waals surface area (Å²) < 4.78 is 53.4. The van der Waals surface area contributed by atoms with Gasteiger partial charge >= 0.3 is 6.18 Å². The van der Waals surface area contributed by atoms with Crippen LogP contribution < -0.4 is 10.6 Å². The van der Waals surface area contributed by atoms with Gasteiger partial charge in [0.2, 0.25) is 5.60 Å². The second kappa shape index (κ2) is 9.40. The number of halogens is 5. The van der Waals surface area contributed by atoms with Crippen LogP contribution in [0.5, 0.6) is 0 Å². The van der Waals surface area contributed by atoms with Gasteiger partial charge in [0.1, 0.15) is 5.82 Å². The van der Waals surface area contributed by atoms with Crippen molar-refractivity contribution in [3.8, 4) is 0 Å². The Bertz CT molecular complexity index is 1060. The second-order valence-corrected chi connectivity index (χ2v) is 7.92. The third-order valence-corrected chi connectivity index (χ3v) is 5.32. The topological polar surface area (TPSA) is 81.7 Å². The van der Waals surface area contributed by atoms with Crippen LogP contribution in [0, 0.1) is 5.82 Å². The molecule has 3 N–H and O–H groups in total. The van der Waals surface area contributed by atoms with Crippen LogP contribution in [0.1, 0.15) is 12.0 Å². The maximum Gasteiger partial charge on any atom is 0.418 e. The van der Waals surface area contributed by atoms with Gasteiger partial charge in [0.05, 0.1) is 5.57 Å². The first-order chi connectivity index (χ1) is 15.4. The van der Waals surface area contributed by atoms with Gasteiger partial charge in [-0.25, -0.2) is 4.39 Å². The molecule has 0 unspecified atom stereocenters. The van der Waals surface area contributed by atoms with E-state index in [9.17, 15) is 32.3 Å². The maximum absolute atomic E-state index is 13.5. The van der Waals surface area contributed by atoms with E-state index in [1.54, 1.807) is 0 Å². The molecule has 0 radical (unpaired) electrons. The van der Waals surface area contributed by atoms with Crippen molar-refractivity contribution in [3.05, 3.63) is 82.5 Å². The van der Waals surface area contributed by atoms with Crippen LogP contribution in [0.4, 0.5) is 17.6 Å². The van der Waals surface area contributed by atoms with Crippen molar-refractivity contribution in [2.75, 3.05) is 13.1 Å². The molecule has 176 valence electrons. The van der Waals surface area contributed by atoms with E-state index in [1.807, 2.05) is 0 Å². The molecule has 6 nitrogen and oxygen atoms in total. The van der Waals surface area contributed by atoms with E-state index >= 15 is 0 Å². The van der Waals surface area contributed by atoms with Gasteiger partial charge in [-0.15, -0.1) is 0 Å². The summed E-state index contributed by atoms with van der Waals surface area (Å²) in [6.45, 7) is 3.18. The second-order valence-electron chi connectivity index (χ2n) is 7.49. The molecule has 2 amide bonds. The standard InChI is InChI=1S/C22H20ClF4N3O3/c1-13-7-17(3-2-5-28-12-18(13)22(25,26)27)30-6-4-21(33,20(30)32)19(31)29-11-14-8-15(23)10-16(24)9-14/h2-3,7-10,12,28,33H,1,4-6,11H2,(H,29,31)/b3-2-,17-7+,18-12+/t21-/m1/s1. The Balaban J connectivity index is 1.78. The van der Waals surface area contributed by atoms with Crippen molar-refractivity contribution < 1.29 is 32.3 Å². The zero-order valence-corrected chi connectivity index (χ0v) is 17.9. The molecule has 0 bridgehead atoms. The van der Waals surface area contributed by atoms with Gasteiger partial charge in [0, 0.05) is 43.0 Å². The molecule has 0 aromatic heterocycles. The number of likely N-dealkylation sites (tertiary alicyclic amines) is 1. The quantitative estimate of drug-likeness (QED) is 0.452. The number of rotatable bonds is 4. The SMILES string of the molecule is C=C1/C=C(N2CC[C@@](O)(C(=O)NCc3cc(F)cc(Cl)c3)C2=O)\C=C/CN/C=C\1C(F)(F)F. The molecular formula is C22H20ClF4N3O3. The molecule has 0 aliphatic carbocycles. The zero-order valence-electron chi connectivity index (χ0n) is 17.2. The fourth-order valence-corrected chi connectivity index (χ4v) is 3.69. The summed E-state index contributed by atoms with van der Waals surface area (Å²) in [6, 6.07) is 3.63.